The van der Waals surface area contributed by atoms with Crippen molar-refractivity contribution in [1.29, 1.82) is 0 Å². The van der Waals surface area contributed by atoms with Crippen LogP contribution >= 0.6 is 12.6 Å². The Morgan fingerprint density at radius 3 is 2.21 bits per heavy atom. The Labute approximate surface area is 94.3 Å². The number of hydrogen-bond acceptors (Lipinski definition) is 2. The molecule has 1 nitrogen and oxygen atoms in total. The molecule has 0 aliphatic carbocycles. The molecule has 84 valence electrons. The maximum Gasteiger partial charge on any atom is 0.0679 e. The van der Waals surface area contributed by atoms with Gasteiger partial charge in [-0.05, 0) is 39.4 Å². The van der Waals surface area contributed by atoms with Crippen LogP contribution in [0.3, 0.4) is 0 Å². The third kappa shape index (κ3) is 3.32. The third-order valence-corrected chi connectivity index (χ3v) is 3.66. The van der Waals surface area contributed by atoms with Crippen molar-refractivity contribution < 1.29 is 4.74 Å². The Bertz CT molecular complexity index is 187. The first kappa shape index (κ1) is 14.1. The molecule has 1 atom stereocenters. The molecular weight excluding hydrogens is 192 g/mol. The number of allylic oxidation sites excluding steroid dienone is 2. The van der Waals surface area contributed by atoms with Gasteiger partial charge < -0.3 is 4.74 Å². The Kier molecular flexibility index (Phi) is 5.84. The van der Waals surface area contributed by atoms with Gasteiger partial charge in [0.1, 0.15) is 0 Å². The monoisotopic (exact) mass is 216 g/mol. The topological polar surface area (TPSA) is 9.23 Å². The predicted octanol–water partition coefficient (Wildman–Crippen LogP) is 3.70. The van der Waals surface area contributed by atoms with Gasteiger partial charge >= 0.3 is 0 Å². The predicted molar refractivity (Wildman–Crippen MR) is 67.1 cm³/mol. The van der Waals surface area contributed by atoms with Crippen molar-refractivity contribution in [1.82, 2.24) is 0 Å². The van der Waals surface area contributed by atoms with E-state index in [1.807, 2.05) is 0 Å². The molecule has 0 N–H and O–H groups in total. The zero-order valence-electron chi connectivity index (χ0n) is 10.1. The molecule has 0 aromatic rings. The van der Waals surface area contributed by atoms with Crippen LogP contribution in [-0.2, 0) is 4.74 Å². The van der Waals surface area contributed by atoms with Gasteiger partial charge in [0.25, 0.3) is 0 Å². The SMILES string of the molecule is CC=CCC(C)(CCS)C(C)(C)OC. The number of rotatable bonds is 6. The van der Waals surface area contributed by atoms with E-state index < -0.39 is 0 Å². The summed E-state index contributed by atoms with van der Waals surface area (Å²) in [6.07, 6.45) is 6.43. The maximum atomic E-state index is 5.58. The van der Waals surface area contributed by atoms with Crippen molar-refractivity contribution in [2.45, 2.75) is 46.1 Å². The summed E-state index contributed by atoms with van der Waals surface area (Å²) in [6.45, 7) is 8.63. The second-order valence-corrected chi connectivity index (χ2v) is 4.97. The van der Waals surface area contributed by atoms with Crippen molar-refractivity contribution in [2.24, 2.45) is 5.41 Å². The fourth-order valence-corrected chi connectivity index (χ4v) is 2.01. The summed E-state index contributed by atoms with van der Waals surface area (Å²) in [5, 5.41) is 0. The second-order valence-electron chi connectivity index (χ2n) is 4.52. The standard InChI is InChI=1S/C12H24OS/c1-6-7-8-12(4,9-10-14)11(2,3)13-5/h6-7,14H,8-10H2,1-5H3. The molecular formula is C12H24OS. The minimum absolute atomic E-state index is 0.102. The van der Waals surface area contributed by atoms with Crippen LogP contribution in [0.2, 0.25) is 0 Å². The first-order valence-electron chi connectivity index (χ1n) is 5.20. The summed E-state index contributed by atoms with van der Waals surface area (Å²) in [5.74, 6) is 0.904. The Hall–Kier alpha value is 0.0500. The normalized spacial score (nSPS) is 17.3. The smallest absolute Gasteiger partial charge is 0.0679 e. The molecule has 0 spiro atoms. The van der Waals surface area contributed by atoms with Crippen LogP contribution in [0.1, 0.15) is 40.5 Å². The number of thiol groups is 1. The highest BCUT2D eigenvalue weighted by Crippen LogP contribution is 2.40. The lowest BCUT2D eigenvalue weighted by molar-refractivity contribution is -0.0795. The van der Waals surface area contributed by atoms with Crippen molar-refractivity contribution >= 4 is 12.6 Å². The molecule has 0 radical (unpaired) electrons. The Morgan fingerprint density at radius 2 is 1.86 bits per heavy atom. The molecule has 0 saturated carbocycles. The van der Waals surface area contributed by atoms with Gasteiger partial charge in [-0.25, -0.2) is 0 Å². The van der Waals surface area contributed by atoms with E-state index in [0.717, 1.165) is 18.6 Å². The summed E-state index contributed by atoms with van der Waals surface area (Å²) >= 11 is 4.33. The minimum atomic E-state index is -0.102. The van der Waals surface area contributed by atoms with Crippen LogP contribution in [0.5, 0.6) is 0 Å². The van der Waals surface area contributed by atoms with E-state index in [4.69, 9.17) is 4.74 Å². The highest BCUT2D eigenvalue weighted by atomic mass is 32.1. The van der Waals surface area contributed by atoms with E-state index in [2.05, 4.69) is 52.5 Å². The average Bonchev–Trinajstić information content (AvgIpc) is 2.15. The molecule has 14 heavy (non-hydrogen) atoms. The van der Waals surface area contributed by atoms with Crippen molar-refractivity contribution in [3.63, 3.8) is 0 Å². The lowest BCUT2D eigenvalue weighted by Gasteiger charge is -2.43. The average molecular weight is 216 g/mol. The minimum Gasteiger partial charge on any atom is -0.378 e. The molecule has 1 unspecified atom stereocenters. The second kappa shape index (κ2) is 5.82. The molecule has 0 fully saturated rings. The van der Waals surface area contributed by atoms with Crippen molar-refractivity contribution in [3.8, 4) is 0 Å². The highest BCUT2D eigenvalue weighted by molar-refractivity contribution is 7.80. The molecule has 0 aromatic carbocycles. The summed E-state index contributed by atoms with van der Waals surface area (Å²) in [4.78, 5) is 0. The molecule has 0 aliphatic heterocycles. The van der Waals surface area contributed by atoms with E-state index in [-0.39, 0.29) is 11.0 Å². The van der Waals surface area contributed by atoms with Crippen molar-refractivity contribution in [2.75, 3.05) is 12.9 Å². The van der Waals surface area contributed by atoms with E-state index in [1.165, 1.54) is 0 Å². The van der Waals surface area contributed by atoms with Crippen LogP contribution in [0.25, 0.3) is 0 Å². The molecule has 0 saturated heterocycles. The quantitative estimate of drug-likeness (QED) is 0.526. The number of ether oxygens (including phenoxy) is 1. The molecule has 0 bridgehead atoms. The number of hydrogen-bond donors (Lipinski definition) is 1. The number of methoxy groups -OCH3 is 1. The Balaban J connectivity index is 4.68. The van der Waals surface area contributed by atoms with Gasteiger partial charge in [0, 0.05) is 12.5 Å². The van der Waals surface area contributed by atoms with Gasteiger partial charge in [0.2, 0.25) is 0 Å². The Morgan fingerprint density at radius 1 is 1.29 bits per heavy atom. The van der Waals surface area contributed by atoms with Gasteiger partial charge in [-0.2, -0.15) is 12.6 Å². The summed E-state index contributed by atoms with van der Waals surface area (Å²) in [5.41, 5.74) is 0.0608. The van der Waals surface area contributed by atoms with E-state index in [1.54, 1.807) is 7.11 Å². The third-order valence-electron chi connectivity index (χ3n) is 3.43. The van der Waals surface area contributed by atoms with Gasteiger partial charge in [-0.15, -0.1) is 0 Å². The van der Waals surface area contributed by atoms with Gasteiger partial charge in [0.05, 0.1) is 5.60 Å². The van der Waals surface area contributed by atoms with E-state index in [0.29, 0.717) is 0 Å². The van der Waals surface area contributed by atoms with Gasteiger partial charge in [0.15, 0.2) is 0 Å². The van der Waals surface area contributed by atoms with Gasteiger partial charge in [-0.3, -0.25) is 0 Å². The molecule has 2 heteroatoms. The fraction of sp³-hybridized carbons (Fsp3) is 0.833. The largest absolute Gasteiger partial charge is 0.378 e. The lowest BCUT2D eigenvalue weighted by atomic mass is 9.71. The van der Waals surface area contributed by atoms with Crippen LogP contribution in [0, 0.1) is 5.41 Å². The zero-order valence-corrected chi connectivity index (χ0v) is 11.0. The maximum absolute atomic E-state index is 5.58. The lowest BCUT2D eigenvalue weighted by Crippen LogP contribution is -2.43. The summed E-state index contributed by atoms with van der Waals surface area (Å²) < 4.78 is 5.58. The van der Waals surface area contributed by atoms with E-state index in [9.17, 15) is 0 Å². The van der Waals surface area contributed by atoms with Crippen LogP contribution in [-0.4, -0.2) is 18.5 Å². The first-order chi connectivity index (χ1) is 6.43. The highest BCUT2D eigenvalue weighted by Gasteiger charge is 2.39. The zero-order chi connectivity index (χ0) is 11.2. The molecule has 0 amide bonds. The fourth-order valence-electron chi connectivity index (χ4n) is 1.52. The van der Waals surface area contributed by atoms with Gasteiger partial charge in [-0.1, -0.05) is 19.1 Å². The first-order valence-corrected chi connectivity index (χ1v) is 5.84. The van der Waals surface area contributed by atoms with E-state index >= 15 is 0 Å². The summed E-state index contributed by atoms with van der Waals surface area (Å²) in [7, 11) is 1.78. The summed E-state index contributed by atoms with van der Waals surface area (Å²) in [6, 6.07) is 0. The molecule has 0 rings (SSSR count). The van der Waals surface area contributed by atoms with Crippen LogP contribution in [0.15, 0.2) is 12.2 Å². The van der Waals surface area contributed by atoms with Crippen molar-refractivity contribution in [3.05, 3.63) is 12.2 Å². The molecule has 0 aliphatic rings. The van der Waals surface area contributed by atoms with Crippen LogP contribution in [0.4, 0.5) is 0 Å². The molecule has 0 heterocycles. The molecule has 0 aromatic heterocycles. The van der Waals surface area contributed by atoms with Crippen LogP contribution < -0.4 is 0 Å².